The number of ether oxygens (including phenoxy) is 2. The van der Waals surface area contributed by atoms with Gasteiger partial charge in [0.05, 0.1) is 30.1 Å². The molecule has 0 radical (unpaired) electrons. The first kappa shape index (κ1) is 40.1. The Hall–Kier alpha value is -2.87. The maximum Gasteiger partial charge on any atom is 0.258 e. The number of pyridine rings is 1. The Morgan fingerprint density at radius 3 is 2.35 bits per heavy atom. The molecule has 6 nitrogen and oxygen atoms in total. The van der Waals surface area contributed by atoms with Crippen molar-refractivity contribution in [2.75, 3.05) is 13.7 Å². The summed E-state index contributed by atoms with van der Waals surface area (Å²) in [4.78, 5) is 31.3. The van der Waals surface area contributed by atoms with Crippen molar-refractivity contribution < 1.29 is 14.3 Å². The molecule has 0 aliphatic rings. The lowest BCUT2D eigenvalue weighted by molar-refractivity contribution is -0.0451. The zero-order chi connectivity index (χ0) is 32.8. The van der Waals surface area contributed by atoms with Gasteiger partial charge in [0.1, 0.15) is 5.01 Å². The van der Waals surface area contributed by atoms with Gasteiger partial charge in [0, 0.05) is 29.8 Å². The van der Waals surface area contributed by atoms with E-state index in [4.69, 9.17) is 14.5 Å². The molecule has 0 fully saturated rings. The second-order valence-electron chi connectivity index (χ2n) is 10.4. The fourth-order valence-corrected chi connectivity index (χ4v) is 5.02. The van der Waals surface area contributed by atoms with Crippen molar-refractivity contribution in [1.29, 1.82) is 0 Å². The number of hydrogen-bond donors (Lipinski definition) is 1. The number of ketones is 1. The predicted octanol–water partition coefficient (Wildman–Crippen LogP) is 10.00. The van der Waals surface area contributed by atoms with Crippen molar-refractivity contribution in [2.45, 2.75) is 113 Å². The minimum absolute atomic E-state index is 0.0987. The second-order valence-corrected chi connectivity index (χ2v) is 11.3. The maximum absolute atomic E-state index is 12.3. The van der Waals surface area contributed by atoms with E-state index in [0.29, 0.717) is 28.8 Å². The number of nitrogens with zero attached hydrogens (tertiary/aromatic N) is 1. The molecular formula is C36H56N2O4S. The third-order valence-electron chi connectivity index (χ3n) is 6.31. The van der Waals surface area contributed by atoms with Crippen LogP contribution >= 0.6 is 11.3 Å². The Balaban J connectivity index is 0.000000982. The molecule has 0 amide bonds. The number of hydrogen-bond acceptors (Lipinski definition) is 6. The van der Waals surface area contributed by atoms with Crippen molar-refractivity contribution in [2.24, 2.45) is 0 Å². The van der Waals surface area contributed by atoms with Crippen LogP contribution in [0.15, 0.2) is 64.5 Å². The van der Waals surface area contributed by atoms with Crippen LogP contribution in [0, 0.1) is 0 Å². The fraction of sp³-hybridized carbons (Fsp3) is 0.528. The van der Waals surface area contributed by atoms with E-state index in [1.54, 1.807) is 19.3 Å². The molecule has 0 spiro atoms. The molecule has 43 heavy (non-hydrogen) atoms. The fourth-order valence-electron chi connectivity index (χ4n) is 4.19. The maximum atomic E-state index is 12.3. The van der Waals surface area contributed by atoms with Crippen LogP contribution in [0.3, 0.4) is 0 Å². The molecule has 0 bridgehead atoms. The lowest BCUT2D eigenvalue weighted by Gasteiger charge is -2.20. The molecule has 2 unspecified atom stereocenters. The monoisotopic (exact) mass is 612 g/mol. The van der Waals surface area contributed by atoms with Crippen molar-refractivity contribution in [3.8, 4) is 10.6 Å². The molecule has 2 aromatic heterocycles. The molecule has 2 rings (SSSR count). The average Bonchev–Trinajstić information content (AvgIpc) is 3.45. The van der Waals surface area contributed by atoms with Crippen molar-refractivity contribution in [3.63, 3.8) is 0 Å². The Bertz CT molecular complexity index is 1240. The van der Waals surface area contributed by atoms with Crippen LogP contribution in [0.25, 0.3) is 16.1 Å². The van der Waals surface area contributed by atoms with Crippen molar-refractivity contribution in [1.82, 2.24) is 9.97 Å². The summed E-state index contributed by atoms with van der Waals surface area (Å²) in [5, 5.41) is 2.55. The first-order valence-corrected chi connectivity index (χ1v) is 16.5. The van der Waals surface area contributed by atoms with Gasteiger partial charge in [-0.05, 0) is 58.6 Å². The van der Waals surface area contributed by atoms with Crippen LogP contribution < -0.4 is 5.56 Å². The summed E-state index contributed by atoms with van der Waals surface area (Å²) >= 11 is 1.40. The third kappa shape index (κ3) is 14.9. The normalized spacial score (nSPS) is 13.3. The summed E-state index contributed by atoms with van der Waals surface area (Å²) in [6, 6.07) is 1.61. The number of H-pyrrole nitrogens is 1. The number of carbonyl (C=O) groups is 1. The molecule has 2 atom stereocenters. The molecule has 240 valence electrons. The SMILES string of the molecule is C=C\C=C/C(=C(\C)CCC)C(=C\C)/c1csc(-c2cc(C(C)=O)c[nH]c2=O)n1.CCC.CCCC(C)OC(CC)COC. The van der Waals surface area contributed by atoms with Gasteiger partial charge in [-0.1, -0.05) is 90.3 Å². The highest BCUT2D eigenvalue weighted by Crippen LogP contribution is 2.32. The van der Waals surface area contributed by atoms with Gasteiger partial charge in [0.2, 0.25) is 0 Å². The summed E-state index contributed by atoms with van der Waals surface area (Å²) < 4.78 is 10.8. The number of methoxy groups -OCH3 is 1. The summed E-state index contributed by atoms with van der Waals surface area (Å²) in [5.74, 6) is -0.0987. The van der Waals surface area contributed by atoms with E-state index in [0.717, 1.165) is 42.5 Å². The van der Waals surface area contributed by atoms with Crippen LogP contribution in [-0.4, -0.2) is 41.7 Å². The van der Waals surface area contributed by atoms with Gasteiger partial charge < -0.3 is 14.5 Å². The summed E-state index contributed by atoms with van der Waals surface area (Å²) in [5.41, 5.74) is 4.85. The molecule has 2 heterocycles. The van der Waals surface area contributed by atoms with Gasteiger partial charge in [-0.25, -0.2) is 4.98 Å². The van der Waals surface area contributed by atoms with Crippen molar-refractivity contribution >= 4 is 22.7 Å². The summed E-state index contributed by atoms with van der Waals surface area (Å²) in [7, 11) is 1.72. The third-order valence-corrected chi connectivity index (χ3v) is 7.19. The highest BCUT2D eigenvalue weighted by Gasteiger charge is 2.16. The van der Waals surface area contributed by atoms with Gasteiger partial charge in [0.15, 0.2) is 5.78 Å². The van der Waals surface area contributed by atoms with E-state index in [1.165, 1.54) is 42.9 Å². The molecule has 1 N–H and O–H groups in total. The molecule has 0 saturated heterocycles. The van der Waals surface area contributed by atoms with Crippen LogP contribution in [0.2, 0.25) is 0 Å². The lowest BCUT2D eigenvalue weighted by Crippen LogP contribution is -2.23. The molecular weight excluding hydrogens is 556 g/mol. The highest BCUT2D eigenvalue weighted by molar-refractivity contribution is 7.13. The van der Waals surface area contributed by atoms with E-state index in [-0.39, 0.29) is 17.4 Å². The van der Waals surface area contributed by atoms with Crippen LogP contribution in [0.4, 0.5) is 0 Å². The number of aromatic nitrogens is 2. The topological polar surface area (TPSA) is 81.3 Å². The largest absolute Gasteiger partial charge is 0.382 e. The standard InChI is InChI=1S/C23H26N2O2S.C10H22O2.C3H8/c1-6-9-11-19(15(4)10-7-2)18(8-3)21-14-28-23(25-21)20-12-17(16(5)26)13-24-22(20)27;1-5-7-9(3)12-10(6-2)8-11-4;1-3-2/h6,8-9,11-14H,1,7,10H2,2-5H3,(H,24,27);9-10H,5-8H2,1-4H3;3H2,1-2H3/b11-9-,18-8+,19-15-;;. The van der Waals surface area contributed by atoms with E-state index in [1.807, 2.05) is 24.5 Å². The van der Waals surface area contributed by atoms with Gasteiger partial charge in [-0.3, -0.25) is 9.59 Å². The Labute approximate surface area is 265 Å². The minimum atomic E-state index is -0.252. The molecule has 0 saturated carbocycles. The number of Topliss-reactive ketones (excluding diaryl/α,β-unsaturated/α-hetero) is 1. The lowest BCUT2D eigenvalue weighted by atomic mass is 9.95. The smallest absolute Gasteiger partial charge is 0.258 e. The number of allylic oxidation sites excluding steroid dienone is 7. The molecule has 0 aromatic carbocycles. The molecule has 7 heteroatoms. The van der Waals surface area contributed by atoms with E-state index in [9.17, 15) is 9.59 Å². The number of carbonyl (C=O) groups excluding carboxylic acids is 1. The Kier molecular flexibility index (Phi) is 22.0. The second kappa shape index (κ2) is 23.6. The quantitative estimate of drug-likeness (QED) is 0.160. The van der Waals surface area contributed by atoms with Crippen molar-refractivity contribution in [3.05, 3.63) is 81.3 Å². The average molecular weight is 613 g/mol. The highest BCUT2D eigenvalue weighted by atomic mass is 32.1. The van der Waals surface area contributed by atoms with Gasteiger partial charge in [-0.15, -0.1) is 11.3 Å². The number of rotatable bonds is 15. The van der Waals surface area contributed by atoms with E-state index < -0.39 is 0 Å². The van der Waals surface area contributed by atoms with Gasteiger partial charge >= 0.3 is 0 Å². The molecule has 0 aliphatic heterocycles. The number of nitrogens with one attached hydrogen (secondary N) is 1. The number of aromatic amines is 1. The summed E-state index contributed by atoms with van der Waals surface area (Å²) in [6.45, 7) is 22.9. The predicted molar refractivity (Wildman–Crippen MR) is 186 cm³/mol. The van der Waals surface area contributed by atoms with Crippen LogP contribution in [0.1, 0.15) is 117 Å². The van der Waals surface area contributed by atoms with E-state index >= 15 is 0 Å². The first-order chi connectivity index (χ1) is 20.6. The molecule has 0 aliphatic carbocycles. The summed E-state index contributed by atoms with van der Waals surface area (Å²) in [6.07, 6.45) is 16.5. The Morgan fingerprint density at radius 1 is 1.16 bits per heavy atom. The first-order valence-electron chi connectivity index (χ1n) is 15.6. The number of thiazole rings is 1. The zero-order valence-corrected chi connectivity index (χ0v) is 29.2. The zero-order valence-electron chi connectivity index (χ0n) is 28.3. The molecule has 2 aromatic rings. The van der Waals surface area contributed by atoms with Crippen LogP contribution in [-0.2, 0) is 9.47 Å². The van der Waals surface area contributed by atoms with Gasteiger partial charge in [0.25, 0.3) is 5.56 Å². The minimum Gasteiger partial charge on any atom is -0.382 e. The van der Waals surface area contributed by atoms with Crippen LogP contribution in [0.5, 0.6) is 0 Å². The van der Waals surface area contributed by atoms with E-state index in [2.05, 4.69) is 66.1 Å². The Morgan fingerprint density at radius 2 is 1.84 bits per heavy atom. The van der Waals surface area contributed by atoms with Gasteiger partial charge in [-0.2, -0.15) is 0 Å².